The monoisotopic (exact) mass is 654 g/mol. The number of nitrogens with one attached hydrogen (secondary N) is 2. The summed E-state index contributed by atoms with van der Waals surface area (Å²) in [6, 6.07) is 14.2. The van der Waals surface area contributed by atoms with Crippen molar-refractivity contribution in [2.75, 3.05) is 23.8 Å². The van der Waals surface area contributed by atoms with E-state index in [9.17, 15) is 29.4 Å². The van der Waals surface area contributed by atoms with E-state index in [0.717, 1.165) is 9.26 Å². The Morgan fingerprint density at radius 2 is 1.06 bits per heavy atom. The zero-order valence-electron chi connectivity index (χ0n) is 24.4. The highest BCUT2D eigenvalue weighted by molar-refractivity contribution is 6.07. The molecule has 0 spiro atoms. The van der Waals surface area contributed by atoms with Gasteiger partial charge in [-0.3, -0.25) is 9.59 Å². The van der Waals surface area contributed by atoms with Crippen LogP contribution in [0.3, 0.4) is 0 Å². The largest absolute Gasteiger partial charge is 0.494 e. The zero-order chi connectivity index (χ0) is 33.6. The van der Waals surface area contributed by atoms with Gasteiger partial charge in [-0.2, -0.15) is 0 Å². The number of rotatable bonds is 13. The minimum absolute atomic E-state index is 0.0239. The molecule has 2 aromatic carbocycles. The molecule has 4 aromatic heterocycles. The van der Waals surface area contributed by atoms with Gasteiger partial charge in [-0.05, 0) is 94.4 Å². The number of tetrazole rings is 2. The minimum atomic E-state index is -1.28. The number of hydrogen-bond donors (Lipinski definition) is 4. The Morgan fingerprint density at radius 3 is 1.48 bits per heavy atom. The highest BCUT2D eigenvalue weighted by atomic mass is 16.5. The van der Waals surface area contributed by atoms with Crippen molar-refractivity contribution in [2.45, 2.75) is 12.8 Å². The van der Waals surface area contributed by atoms with Crippen LogP contribution in [-0.4, -0.2) is 97.7 Å². The molecular weight excluding hydrogens is 632 g/mol. The smallest absolute Gasteiger partial charge is 0.337 e. The van der Waals surface area contributed by atoms with Gasteiger partial charge in [0.05, 0.1) is 35.7 Å². The molecule has 0 fully saturated rings. The highest BCUT2D eigenvalue weighted by Crippen LogP contribution is 2.25. The lowest BCUT2D eigenvalue weighted by molar-refractivity contribution is 0.0686. The first-order valence-electron chi connectivity index (χ1n) is 14.0. The van der Waals surface area contributed by atoms with Crippen molar-refractivity contribution in [1.82, 2.24) is 50.5 Å². The summed E-state index contributed by atoms with van der Waals surface area (Å²) in [6.07, 6.45) is 1.04. The number of aromatic carboxylic acids is 2. The van der Waals surface area contributed by atoms with E-state index in [-0.39, 0.29) is 58.6 Å². The van der Waals surface area contributed by atoms with Crippen LogP contribution >= 0.6 is 0 Å². The van der Waals surface area contributed by atoms with Crippen LogP contribution in [0.25, 0.3) is 11.3 Å². The standard InChI is InChI=1S/C28H22N12O8/c41-25(21-7-9-23-31-35-37-39(23)33-21)29-19-5-3-15(13-17(19)27(43)44)47-11-1-2-12-48-16-4-6-20(18(14-16)28(45)46)30-26(42)22-8-10-24-32-36-38-40(24)34-22/h3-10,13-14H,1-2,11-12H2,(H,29,41)(H,30,42)(H,43,44)(H,45,46). The maximum atomic E-state index is 12.7. The van der Waals surface area contributed by atoms with E-state index < -0.39 is 23.8 Å². The molecule has 4 heterocycles. The van der Waals surface area contributed by atoms with Crippen molar-refractivity contribution in [3.05, 3.63) is 83.2 Å². The lowest BCUT2D eigenvalue weighted by Gasteiger charge is -2.12. The molecule has 6 aromatic rings. The third-order valence-electron chi connectivity index (χ3n) is 6.62. The molecule has 0 aliphatic heterocycles. The average Bonchev–Trinajstić information content (AvgIpc) is 3.76. The third-order valence-corrected chi connectivity index (χ3v) is 6.62. The maximum absolute atomic E-state index is 12.7. The van der Waals surface area contributed by atoms with Crippen LogP contribution in [-0.2, 0) is 0 Å². The van der Waals surface area contributed by atoms with Crippen molar-refractivity contribution in [3.63, 3.8) is 0 Å². The molecule has 0 atom stereocenters. The quantitative estimate of drug-likeness (QED) is 0.128. The molecule has 2 amide bonds. The van der Waals surface area contributed by atoms with E-state index in [2.05, 4.69) is 51.9 Å². The van der Waals surface area contributed by atoms with Gasteiger partial charge in [-0.25, -0.2) is 9.59 Å². The van der Waals surface area contributed by atoms with Gasteiger partial charge < -0.3 is 30.3 Å². The summed E-state index contributed by atoms with van der Waals surface area (Å²) in [5, 5.41) is 54.0. The molecule has 0 radical (unpaired) electrons. The first kappa shape index (κ1) is 30.9. The first-order chi connectivity index (χ1) is 23.2. The lowest BCUT2D eigenvalue weighted by Crippen LogP contribution is -2.17. The second kappa shape index (κ2) is 13.5. The molecule has 0 aliphatic carbocycles. The molecule has 48 heavy (non-hydrogen) atoms. The molecular formula is C28H22N12O8. The van der Waals surface area contributed by atoms with Gasteiger partial charge in [0.1, 0.15) is 11.5 Å². The van der Waals surface area contributed by atoms with Gasteiger partial charge in [0.2, 0.25) is 0 Å². The number of ether oxygens (including phenoxy) is 2. The van der Waals surface area contributed by atoms with Crippen molar-refractivity contribution >= 4 is 46.4 Å². The number of unbranched alkanes of at least 4 members (excludes halogenated alkanes) is 1. The Morgan fingerprint density at radius 1 is 0.625 bits per heavy atom. The van der Waals surface area contributed by atoms with Crippen molar-refractivity contribution in [1.29, 1.82) is 0 Å². The van der Waals surface area contributed by atoms with E-state index in [1.165, 1.54) is 60.7 Å². The van der Waals surface area contributed by atoms with Gasteiger partial charge >= 0.3 is 11.9 Å². The molecule has 0 bridgehead atoms. The van der Waals surface area contributed by atoms with Crippen molar-refractivity contribution in [2.24, 2.45) is 0 Å². The molecule has 4 N–H and O–H groups in total. The molecule has 0 saturated carbocycles. The molecule has 20 heteroatoms. The summed E-state index contributed by atoms with van der Waals surface area (Å²) < 4.78 is 13.5. The molecule has 242 valence electrons. The van der Waals surface area contributed by atoms with E-state index in [1.54, 1.807) is 0 Å². The lowest BCUT2D eigenvalue weighted by atomic mass is 10.1. The molecule has 0 aliphatic rings. The minimum Gasteiger partial charge on any atom is -0.494 e. The molecule has 0 saturated heterocycles. The van der Waals surface area contributed by atoms with Gasteiger partial charge in [0, 0.05) is 0 Å². The Kier molecular flexibility index (Phi) is 8.67. The van der Waals surface area contributed by atoms with Crippen molar-refractivity contribution in [3.8, 4) is 11.5 Å². The van der Waals surface area contributed by atoms with Gasteiger partial charge in [-0.15, -0.1) is 29.7 Å². The summed E-state index contributed by atoms with van der Waals surface area (Å²) in [6.45, 7) is 0.444. The molecule has 0 unspecified atom stereocenters. The molecule has 6 rings (SSSR count). The van der Waals surface area contributed by atoms with Crippen LogP contribution < -0.4 is 20.1 Å². The number of hydrogen-bond acceptors (Lipinski definition) is 14. The second-order valence-corrected chi connectivity index (χ2v) is 9.83. The Bertz CT molecular complexity index is 2030. The Balaban J connectivity index is 0.987. The van der Waals surface area contributed by atoms with Crippen LogP contribution in [0.2, 0.25) is 0 Å². The summed E-state index contributed by atoms with van der Waals surface area (Å²) in [4.78, 5) is 49.1. The van der Waals surface area contributed by atoms with Crippen LogP contribution in [0.5, 0.6) is 11.5 Å². The maximum Gasteiger partial charge on any atom is 0.337 e. The van der Waals surface area contributed by atoms with Gasteiger partial charge in [0.15, 0.2) is 22.7 Å². The normalized spacial score (nSPS) is 10.9. The number of carbonyl (C=O) groups excluding carboxylic acids is 2. The van der Waals surface area contributed by atoms with Gasteiger partial charge in [0.25, 0.3) is 11.8 Å². The number of aromatic nitrogens is 10. The van der Waals surface area contributed by atoms with Crippen LogP contribution in [0, 0.1) is 0 Å². The molecule has 20 nitrogen and oxygen atoms in total. The Hall–Kier alpha value is -7.12. The predicted octanol–water partition coefficient (Wildman–Crippen LogP) is 1.49. The summed E-state index contributed by atoms with van der Waals surface area (Å²) in [7, 11) is 0. The van der Waals surface area contributed by atoms with E-state index >= 15 is 0 Å². The number of carboxylic acids is 2. The topological polar surface area (TPSA) is 263 Å². The second-order valence-electron chi connectivity index (χ2n) is 9.83. The van der Waals surface area contributed by atoms with Crippen LogP contribution in [0.4, 0.5) is 11.4 Å². The van der Waals surface area contributed by atoms with Crippen LogP contribution in [0.15, 0.2) is 60.7 Å². The number of nitrogens with zero attached hydrogens (tertiary/aromatic N) is 10. The van der Waals surface area contributed by atoms with E-state index in [1.807, 2.05) is 0 Å². The number of amides is 2. The fourth-order valence-electron chi connectivity index (χ4n) is 4.30. The predicted molar refractivity (Wildman–Crippen MR) is 160 cm³/mol. The number of carbonyl (C=O) groups is 4. The SMILES string of the molecule is O=C(Nc1ccc(OCCCCOc2ccc(NC(=O)c3ccc4nnnn4n3)c(C(=O)O)c2)cc1C(=O)O)c1ccc2nnnn2n1. The highest BCUT2D eigenvalue weighted by Gasteiger charge is 2.18. The third kappa shape index (κ3) is 6.91. The van der Waals surface area contributed by atoms with Crippen molar-refractivity contribution < 1.29 is 38.9 Å². The van der Waals surface area contributed by atoms with E-state index in [4.69, 9.17) is 9.47 Å². The summed E-state index contributed by atoms with van der Waals surface area (Å²) in [5.74, 6) is -3.32. The summed E-state index contributed by atoms with van der Waals surface area (Å²) in [5.41, 5.74) is 0.337. The number of carboxylic acid groups (broad SMARTS) is 2. The fourth-order valence-corrected chi connectivity index (χ4v) is 4.30. The number of anilines is 2. The van der Waals surface area contributed by atoms with Gasteiger partial charge in [-0.1, -0.05) is 0 Å². The van der Waals surface area contributed by atoms with Crippen LogP contribution in [0.1, 0.15) is 54.5 Å². The first-order valence-corrected chi connectivity index (χ1v) is 14.0. The zero-order valence-corrected chi connectivity index (χ0v) is 24.4. The summed E-state index contributed by atoms with van der Waals surface area (Å²) >= 11 is 0. The Labute approximate surface area is 267 Å². The number of benzene rings is 2. The fraction of sp³-hybridized carbons (Fsp3) is 0.143. The number of fused-ring (bicyclic) bond motifs is 2. The van der Waals surface area contributed by atoms with E-state index in [0.29, 0.717) is 24.1 Å². The average molecular weight is 655 g/mol.